The van der Waals surface area contributed by atoms with E-state index in [4.69, 9.17) is 10.5 Å². The average molecular weight is 332 g/mol. The lowest BCUT2D eigenvalue weighted by Crippen LogP contribution is -2.00. The minimum absolute atomic E-state index is 0.0240. The van der Waals surface area contributed by atoms with Crippen LogP contribution in [0.15, 0.2) is 34.8 Å². The van der Waals surface area contributed by atoms with Crippen LogP contribution in [0.1, 0.15) is 5.56 Å². The van der Waals surface area contributed by atoms with Crippen molar-refractivity contribution in [3.05, 3.63) is 57.8 Å². The first kappa shape index (κ1) is 13.9. The Labute approximate surface area is 116 Å². The van der Waals surface area contributed by atoms with Gasteiger partial charge in [-0.3, -0.25) is 0 Å². The third kappa shape index (κ3) is 3.08. The van der Waals surface area contributed by atoms with Crippen LogP contribution in [0, 0.1) is 17.5 Å². The first-order chi connectivity index (χ1) is 9.01. The molecule has 0 aromatic heterocycles. The molecule has 0 radical (unpaired) electrons. The van der Waals surface area contributed by atoms with Crippen molar-refractivity contribution < 1.29 is 17.9 Å². The van der Waals surface area contributed by atoms with Gasteiger partial charge in [0.05, 0.1) is 4.47 Å². The molecule has 0 aliphatic heterocycles. The molecule has 2 aromatic rings. The van der Waals surface area contributed by atoms with E-state index < -0.39 is 23.2 Å². The molecule has 2 aromatic carbocycles. The van der Waals surface area contributed by atoms with Crippen molar-refractivity contribution in [2.75, 3.05) is 0 Å². The summed E-state index contributed by atoms with van der Waals surface area (Å²) in [6.07, 6.45) is 0. The van der Waals surface area contributed by atoms with Crippen LogP contribution in [-0.2, 0) is 6.54 Å². The summed E-state index contributed by atoms with van der Waals surface area (Å²) >= 11 is 2.96. The number of nitrogens with two attached hydrogens (primary N) is 1. The van der Waals surface area contributed by atoms with E-state index in [2.05, 4.69) is 15.9 Å². The molecule has 0 spiro atoms. The lowest BCUT2D eigenvalue weighted by molar-refractivity contribution is 0.405. The Balaban J connectivity index is 2.35. The van der Waals surface area contributed by atoms with Gasteiger partial charge in [-0.05, 0) is 51.8 Å². The van der Waals surface area contributed by atoms with Gasteiger partial charge in [-0.25, -0.2) is 13.2 Å². The van der Waals surface area contributed by atoms with E-state index in [9.17, 15) is 13.2 Å². The fourth-order valence-electron chi connectivity index (χ4n) is 1.49. The molecule has 0 atom stereocenters. The summed E-state index contributed by atoms with van der Waals surface area (Å²) in [5.41, 5.74) is 5.63. The maximum atomic E-state index is 13.7. The molecule has 2 nitrogen and oxygen atoms in total. The van der Waals surface area contributed by atoms with Crippen molar-refractivity contribution in [1.82, 2.24) is 0 Å². The second-order valence-corrected chi connectivity index (χ2v) is 4.63. The molecular formula is C13H9BrF3NO. The molecule has 0 aliphatic carbocycles. The van der Waals surface area contributed by atoms with E-state index in [0.29, 0.717) is 5.56 Å². The highest BCUT2D eigenvalue weighted by atomic mass is 79.9. The Kier molecular flexibility index (Phi) is 4.11. The van der Waals surface area contributed by atoms with E-state index in [0.717, 1.165) is 18.2 Å². The second-order valence-electron chi connectivity index (χ2n) is 3.77. The summed E-state index contributed by atoms with van der Waals surface area (Å²) in [6, 6.07) is 5.87. The molecule has 0 unspecified atom stereocenters. The summed E-state index contributed by atoms with van der Waals surface area (Å²) in [7, 11) is 0. The van der Waals surface area contributed by atoms with Crippen LogP contribution in [0.2, 0.25) is 0 Å². The van der Waals surface area contributed by atoms with Gasteiger partial charge < -0.3 is 10.5 Å². The zero-order valence-corrected chi connectivity index (χ0v) is 11.2. The summed E-state index contributed by atoms with van der Waals surface area (Å²) in [5, 5.41) is 0. The average Bonchev–Trinajstić information content (AvgIpc) is 2.37. The predicted molar refractivity (Wildman–Crippen MR) is 68.4 cm³/mol. The monoisotopic (exact) mass is 331 g/mol. The maximum Gasteiger partial charge on any atom is 0.198 e. The third-order valence-electron chi connectivity index (χ3n) is 2.40. The molecule has 100 valence electrons. The molecule has 2 N–H and O–H groups in total. The van der Waals surface area contributed by atoms with E-state index in [1.807, 2.05) is 0 Å². The van der Waals surface area contributed by atoms with Crippen molar-refractivity contribution >= 4 is 15.9 Å². The van der Waals surface area contributed by atoms with Crippen LogP contribution in [-0.4, -0.2) is 0 Å². The van der Waals surface area contributed by atoms with Crippen LogP contribution < -0.4 is 10.5 Å². The number of rotatable bonds is 3. The first-order valence-corrected chi connectivity index (χ1v) is 6.11. The molecule has 0 heterocycles. The van der Waals surface area contributed by atoms with Crippen molar-refractivity contribution in [3.63, 3.8) is 0 Å². The van der Waals surface area contributed by atoms with E-state index in [1.165, 1.54) is 12.1 Å². The molecule has 2 rings (SSSR count). The smallest absolute Gasteiger partial charge is 0.198 e. The lowest BCUT2D eigenvalue weighted by Gasteiger charge is -2.09. The predicted octanol–water partition coefficient (Wildman–Crippen LogP) is 4.12. The molecule has 0 fully saturated rings. The molecule has 0 saturated carbocycles. The van der Waals surface area contributed by atoms with Gasteiger partial charge in [0.2, 0.25) is 0 Å². The van der Waals surface area contributed by atoms with Gasteiger partial charge in [0.1, 0.15) is 11.6 Å². The molecule has 0 bridgehead atoms. The number of benzene rings is 2. The Hall–Kier alpha value is -1.53. The summed E-state index contributed by atoms with van der Waals surface area (Å²) in [4.78, 5) is 0. The maximum absolute atomic E-state index is 13.7. The fourth-order valence-corrected chi connectivity index (χ4v) is 1.84. The quantitative estimate of drug-likeness (QED) is 0.918. The molecule has 0 amide bonds. The van der Waals surface area contributed by atoms with Crippen molar-refractivity contribution in [1.29, 1.82) is 0 Å². The molecule has 19 heavy (non-hydrogen) atoms. The zero-order valence-electron chi connectivity index (χ0n) is 9.59. The van der Waals surface area contributed by atoms with Crippen LogP contribution >= 0.6 is 15.9 Å². The van der Waals surface area contributed by atoms with E-state index in [-0.39, 0.29) is 16.8 Å². The number of hydrogen-bond acceptors (Lipinski definition) is 2. The van der Waals surface area contributed by atoms with E-state index >= 15 is 0 Å². The Bertz CT molecular complexity index is 596. The van der Waals surface area contributed by atoms with Crippen LogP contribution in [0.5, 0.6) is 11.5 Å². The van der Waals surface area contributed by atoms with Crippen molar-refractivity contribution in [3.8, 4) is 11.5 Å². The van der Waals surface area contributed by atoms with E-state index in [1.54, 1.807) is 0 Å². The normalized spacial score (nSPS) is 10.6. The summed E-state index contributed by atoms with van der Waals surface area (Å²) in [6.45, 7) is 0.0240. The van der Waals surface area contributed by atoms with Gasteiger partial charge in [0.25, 0.3) is 0 Å². The molecular weight excluding hydrogens is 323 g/mol. The van der Waals surface area contributed by atoms with Gasteiger partial charge in [0, 0.05) is 6.54 Å². The first-order valence-electron chi connectivity index (χ1n) is 5.32. The number of halogens is 4. The van der Waals surface area contributed by atoms with Gasteiger partial charge in [-0.15, -0.1) is 0 Å². The highest BCUT2D eigenvalue weighted by Gasteiger charge is 2.14. The Morgan fingerprint density at radius 2 is 1.63 bits per heavy atom. The summed E-state index contributed by atoms with van der Waals surface area (Å²) < 4.78 is 45.6. The van der Waals surface area contributed by atoms with Gasteiger partial charge in [-0.2, -0.15) is 0 Å². The SMILES string of the molecule is NCc1cc(F)c(Oc2ccc(F)c(Br)c2)c(F)c1. The van der Waals surface area contributed by atoms with Crippen LogP contribution in [0.3, 0.4) is 0 Å². The lowest BCUT2D eigenvalue weighted by atomic mass is 10.2. The van der Waals surface area contributed by atoms with Crippen LogP contribution in [0.25, 0.3) is 0 Å². The summed E-state index contributed by atoms with van der Waals surface area (Å²) in [5.74, 6) is -2.64. The Morgan fingerprint density at radius 3 is 2.16 bits per heavy atom. The topological polar surface area (TPSA) is 35.2 Å². The fraction of sp³-hybridized carbons (Fsp3) is 0.0769. The minimum Gasteiger partial charge on any atom is -0.451 e. The Morgan fingerprint density at radius 1 is 1.00 bits per heavy atom. The number of ether oxygens (including phenoxy) is 1. The number of hydrogen-bond donors (Lipinski definition) is 1. The van der Waals surface area contributed by atoms with Crippen molar-refractivity contribution in [2.45, 2.75) is 6.54 Å². The molecule has 0 saturated heterocycles. The van der Waals surface area contributed by atoms with Crippen LogP contribution in [0.4, 0.5) is 13.2 Å². The largest absolute Gasteiger partial charge is 0.451 e. The van der Waals surface area contributed by atoms with Crippen molar-refractivity contribution in [2.24, 2.45) is 5.73 Å². The van der Waals surface area contributed by atoms with Gasteiger partial charge in [-0.1, -0.05) is 0 Å². The van der Waals surface area contributed by atoms with Gasteiger partial charge >= 0.3 is 0 Å². The standard InChI is InChI=1S/C13H9BrF3NO/c14-9-5-8(1-2-10(9)15)19-13-11(16)3-7(6-18)4-12(13)17/h1-5H,6,18H2. The highest BCUT2D eigenvalue weighted by molar-refractivity contribution is 9.10. The second kappa shape index (κ2) is 5.63. The minimum atomic E-state index is -0.860. The molecule has 0 aliphatic rings. The third-order valence-corrected chi connectivity index (χ3v) is 3.01. The van der Waals surface area contributed by atoms with Gasteiger partial charge in [0.15, 0.2) is 17.4 Å². The molecule has 6 heteroatoms. The zero-order chi connectivity index (χ0) is 14.0. The highest BCUT2D eigenvalue weighted by Crippen LogP contribution is 2.30.